The summed E-state index contributed by atoms with van der Waals surface area (Å²) in [5, 5.41) is 4.15. The molecule has 2 rings (SSSR count). The van der Waals surface area contributed by atoms with E-state index in [2.05, 4.69) is 29.1 Å². The largest absolute Gasteiger partial charge is 0.311 e. The molecule has 0 unspecified atom stereocenters. The standard InChI is InChI=1S/C16H20ClN3S/c1-12(2)9-18-10-14-6-7-19-16(20-14)11-21-15-5-3-4-13(17)8-15/h3-8,12,18H,9-11H2,1-2H3. The average Bonchev–Trinajstić information content (AvgIpc) is 2.45. The van der Waals surface area contributed by atoms with Crippen LogP contribution in [0.25, 0.3) is 0 Å². The van der Waals surface area contributed by atoms with Crippen molar-refractivity contribution in [3.05, 3.63) is 53.1 Å². The van der Waals surface area contributed by atoms with Crippen LogP contribution in [0, 0.1) is 5.92 Å². The Bertz CT molecular complexity index is 575. The lowest BCUT2D eigenvalue weighted by Crippen LogP contribution is -2.19. The second-order valence-corrected chi connectivity index (χ2v) is 6.72. The van der Waals surface area contributed by atoms with Gasteiger partial charge in [0, 0.05) is 22.7 Å². The van der Waals surface area contributed by atoms with Crippen molar-refractivity contribution in [3.8, 4) is 0 Å². The molecule has 0 spiro atoms. The molecule has 0 bridgehead atoms. The SMILES string of the molecule is CC(C)CNCc1ccnc(CSc2cccc(Cl)c2)n1. The molecule has 112 valence electrons. The molecule has 0 amide bonds. The highest BCUT2D eigenvalue weighted by molar-refractivity contribution is 7.98. The van der Waals surface area contributed by atoms with E-state index in [0.717, 1.165) is 40.3 Å². The van der Waals surface area contributed by atoms with Crippen LogP contribution < -0.4 is 5.32 Å². The van der Waals surface area contributed by atoms with Crippen molar-refractivity contribution in [2.45, 2.75) is 31.0 Å². The zero-order chi connectivity index (χ0) is 15.1. The molecule has 0 atom stereocenters. The number of nitrogens with zero attached hydrogens (tertiary/aromatic N) is 2. The van der Waals surface area contributed by atoms with Gasteiger partial charge in [-0.25, -0.2) is 9.97 Å². The quantitative estimate of drug-likeness (QED) is 0.777. The number of benzene rings is 1. The van der Waals surface area contributed by atoms with E-state index >= 15 is 0 Å². The van der Waals surface area contributed by atoms with Gasteiger partial charge in [0.2, 0.25) is 0 Å². The van der Waals surface area contributed by atoms with Gasteiger partial charge in [-0.15, -0.1) is 11.8 Å². The highest BCUT2D eigenvalue weighted by atomic mass is 35.5. The Balaban J connectivity index is 1.88. The van der Waals surface area contributed by atoms with Crippen LogP contribution in [-0.2, 0) is 12.3 Å². The molecule has 1 heterocycles. The fourth-order valence-electron chi connectivity index (χ4n) is 1.80. The lowest BCUT2D eigenvalue weighted by atomic mass is 10.2. The van der Waals surface area contributed by atoms with Gasteiger partial charge in [-0.1, -0.05) is 31.5 Å². The minimum absolute atomic E-state index is 0.643. The van der Waals surface area contributed by atoms with Crippen LogP contribution in [0.4, 0.5) is 0 Å². The maximum absolute atomic E-state index is 5.98. The third kappa shape index (κ3) is 6.04. The van der Waals surface area contributed by atoms with Crippen LogP contribution in [-0.4, -0.2) is 16.5 Å². The molecule has 0 radical (unpaired) electrons. The second-order valence-electron chi connectivity index (χ2n) is 5.24. The molecule has 1 aromatic heterocycles. The molecule has 0 aliphatic heterocycles. The van der Waals surface area contributed by atoms with E-state index in [-0.39, 0.29) is 0 Å². The molecule has 0 aliphatic carbocycles. The predicted molar refractivity (Wildman–Crippen MR) is 89.6 cm³/mol. The van der Waals surface area contributed by atoms with Gasteiger partial charge in [0.15, 0.2) is 0 Å². The van der Waals surface area contributed by atoms with Gasteiger partial charge < -0.3 is 5.32 Å². The molecule has 1 aromatic carbocycles. The zero-order valence-corrected chi connectivity index (χ0v) is 13.9. The fraction of sp³-hybridized carbons (Fsp3) is 0.375. The van der Waals surface area contributed by atoms with Crippen molar-refractivity contribution < 1.29 is 0 Å². The maximum atomic E-state index is 5.98. The van der Waals surface area contributed by atoms with E-state index in [1.165, 1.54) is 0 Å². The van der Waals surface area contributed by atoms with Gasteiger partial charge in [0.1, 0.15) is 5.82 Å². The number of nitrogens with one attached hydrogen (secondary N) is 1. The van der Waals surface area contributed by atoms with Crippen molar-refractivity contribution in [2.75, 3.05) is 6.54 Å². The summed E-state index contributed by atoms with van der Waals surface area (Å²) in [5.41, 5.74) is 1.03. The third-order valence-corrected chi connectivity index (χ3v) is 4.01. The number of halogens is 1. The smallest absolute Gasteiger partial charge is 0.138 e. The predicted octanol–water partition coefficient (Wildman–Crippen LogP) is 4.17. The van der Waals surface area contributed by atoms with Crippen LogP contribution in [0.3, 0.4) is 0 Å². The first-order valence-electron chi connectivity index (χ1n) is 7.03. The Morgan fingerprint density at radius 3 is 2.90 bits per heavy atom. The number of rotatable bonds is 7. The van der Waals surface area contributed by atoms with E-state index in [1.807, 2.05) is 36.5 Å². The van der Waals surface area contributed by atoms with Crippen LogP contribution in [0.5, 0.6) is 0 Å². The minimum Gasteiger partial charge on any atom is -0.311 e. The summed E-state index contributed by atoms with van der Waals surface area (Å²) in [6.45, 7) is 6.17. The van der Waals surface area contributed by atoms with Gasteiger partial charge >= 0.3 is 0 Å². The Morgan fingerprint density at radius 1 is 1.29 bits per heavy atom. The number of thioether (sulfide) groups is 1. The first kappa shape index (κ1) is 16.3. The molecule has 1 N–H and O–H groups in total. The zero-order valence-electron chi connectivity index (χ0n) is 12.3. The topological polar surface area (TPSA) is 37.8 Å². The van der Waals surface area contributed by atoms with E-state index in [9.17, 15) is 0 Å². The van der Waals surface area contributed by atoms with Crippen molar-refractivity contribution in [3.63, 3.8) is 0 Å². The van der Waals surface area contributed by atoms with Crippen molar-refractivity contribution in [1.82, 2.24) is 15.3 Å². The summed E-state index contributed by atoms with van der Waals surface area (Å²) >= 11 is 7.68. The van der Waals surface area contributed by atoms with Crippen LogP contribution in [0.1, 0.15) is 25.4 Å². The van der Waals surface area contributed by atoms with Gasteiger partial charge in [0.05, 0.1) is 11.4 Å². The summed E-state index contributed by atoms with van der Waals surface area (Å²) in [5.74, 6) is 2.24. The highest BCUT2D eigenvalue weighted by Gasteiger charge is 2.02. The van der Waals surface area contributed by atoms with E-state index in [1.54, 1.807) is 11.8 Å². The average molecular weight is 322 g/mol. The number of aromatic nitrogens is 2. The Morgan fingerprint density at radius 2 is 2.14 bits per heavy atom. The molecule has 21 heavy (non-hydrogen) atoms. The fourth-order valence-corrected chi connectivity index (χ4v) is 2.88. The number of hydrogen-bond acceptors (Lipinski definition) is 4. The summed E-state index contributed by atoms with van der Waals surface area (Å²) in [6, 6.07) is 9.80. The molecule has 0 fully saturated rings. The molecule has 5 heteroatoms. The molecular weight excluding hydrogens is 302 g/mol. The lowest BCUT2D eigenvalue weighted by Gasteiger charge is -2.08. The third-order valence-electron chi connectivity index (χ3n) is 2.79. The molecule has 0 saturated carbocycles. The maximum Gasteiger partial charge on any atom is 0.138 e. The first-order chi connectivity index (χ1) is 10.1. The van der Waals surface area contributed by atoms with Crippen LogP contribution in [0.2, 0.25) is 5.02 Å². The monoisotopic (exact) mass is 321 g/mol. The molecule has 3 nitrogen and oxygen atoms in total. The summed E-state index contributed by atoms with van der Waals surface area (Å²) < 4.78 is 0. The van der Waals surface area contributed by atoms with E-state index in [4.69, 9.17) is 11.6 Å². The second kappa shape index (κ2) is 8.37. The van der Waals surface area contributed by atoms with Gasteiger partial charge in [-0.3, -0.25) is 0 Å². The van der Waals surface area contributed by atoms with Crippen LogP contribution >= 0.6 is 23.4 Å². The molecule has 2 aromatic rings. The summed E-state index contributed by atoms with van der Waals surface area (Å²) in [6.07, 6.45) is 1.83. The minimum atomic E-state index is 0.643. The highest BCUT2D eigenvalue weighted by Crippen LogP contribution is 2.23. The Hall–Kier alpha value is -1.10. The van der Waals surface area contributed by atoms with E-state index < -0.39 is 0 Å². The number of hydrogen-bond donors (Lipinski definition) is 1. The van der Waals surface area contributed by atoms with Gasteiger partial charge in [-0.2, -0.15) is 0 Å². The van der Waals surface area contributed by atoms with Gasteiger partial charge in [-0.05, 0) is 36.7 Å². The Labute approximate surface area is 135 Å². The van der Waals surface area contributed by atoms with Crippen molar-refractivity contribution >= 4 is 23.4 Å². The normalized spacial score (nSPS) is 11.0. The molecular formula is C16H20ClN3S. The van der Waals surface area contributed by atoms with Gasteiger partial charge in [0.25, 0.3) is 0 Å². The lowest BCUT2D eigenvalue weighted by molar-refractivity contribution is 0.547. The summed E-state index contributed by atoms with van der Waals surface area (Å²) in [7, 11) is 0. The first-order valence-corrected chi connectivity index (χ1v) is 8.39. The van der Waals surface area contributed by atoms with Crippen LogP contribution in [0.15, 0.2) is 41.4 Å². The molecule has 0 aliphatic rings. The molecule has 0 saturated heterocycles. The Kier molecular flexibility index (Phi) is 6.49. The van der Waals surface area contributed by atoms with Crippen molar-refractivity contribution in [1.29, 1.82) is 0 Å². The van der Waals surface area contributed by atoms with E-state index in [0.29, 0.717) is 5.92 Å². The van der Waals surface area contributed by atoms with Crippen molar-refractivity contribution in [2.24, 2.45) is 5.92 Å². The summed E-state index contributed by atoms with van der Waals surface area (Å²) in [4.78, 5) is 10.0.